The van der Waals surface area contributed by atoms with Gasteiger partial charge in [0.05, 0.1) is 5.39 Å². The number of hydrogen-bond donors (Lipinski definition) is 0. The van der Waals surface area contributed by atoms with Gasteiger partial charge in [0.15, 0.2) is 0 Å². The number of para-hydroxylation sites is 1. The molecule has 276 valence electrons. The average Bonchev–Trinajstić information content (AvgIpc) is 3.88. The SMILES string of the molecule is c1ccc2c(-c3ccc(N(c4ccc(-c5cccc6ccccc56)cc4)c4ccc(-c5cccc6oc7ccc8c9ccccc9oc8c7c56)cc4)cc3)cccc2c1. The van der Waals surface area contributed by atoms with Crippen LogP contribution < -0.4 is 4.90 Å². The fourth-order valence-electron chi connectivity index (χ4n) is 9.10. The van der Waals surface area contributed by atoms with Crippen molar-refractivity contribution in [1.82, 2.24) is 0 Å². The van der Waals surface area contributed by atoms with Crippen LogP contribution in [0.25, 0.3) is 98.8 Å². The minimum Gasteiger partial charge on any atom is -0.456 e. The molecule has 12 aromatic rings. The van der Waals surface area contributed by atoms with Gasteiger partial charge in [0.1, 0.15) is 22.3 Å². The molecule has 0 aliphatic rings. The molecule has 0 atom stereocenters. The summed E-state index contributed by atoms with van der Waals surface area (Å²) in [5.41, 5.74) is 13.7. The number of anilines is 3. The van der Waals surface area contributed by atoms with Crippen molar-refractivity contribution in [2.45, 2.75) is 0 Å². The maximum Gasteiger partial charge on any atom is 0.147 e. The highest BCUT2D eigenvalue weighted by Gasteiger charge is 2.20. The van der Waals surface area contributed by atoms with Crippen LogP contribution in [0.15, 0.2) is 221 Å². The molecule has 0 saturated heterocycles. The zero-order valence-corrected chi connectivity index (χ0v) is 32.0. The molecule has 0 bridgehead atoms. The molecule has 0 amide bonds. The van der Waals surface area contributed by atoms with E-state index < -0.39 is 0 Å². The topological polar surface area (TPSA) is 29.5 Å². The van der Waals surface area contributed by atoms with E-state index in [-0.39, 0.29) is 0 Å². The zero-order valence-electron chi connectivity index (χ0n) is 32.0. The van der Waals surface area contributed by atoms with Crippen molar-refractivity contribution >= 4 is 82.5 Å². The van der Waals surface area contributed by atoms with Crippen LogP contribution in [0.4, 0.5) is 17.1 Å². The number of furan rings is 2. The Kier molecular flexibility index (Phi) is 7.54. The Labute approximate surface area is 340 Å². The molecule has 0 N–H and O–H groups in total. The molecule has 0 fully saturated rings. The minimum atomic E-state index is 0.820. The third-order valence-corrected chi connectivity index (χ3v) is 11.9. The number of fused-ring (bicyclic) bond motifs is 9. The normalized spacial score (nSPS) is 11.7. The molecule has 0 aliphatic carbocycles. The minimum absolute atomic E-state index is 0.820. The number of benzene rings is 10. The van der Waals surface area contributed by atoms with E-state index >= 15 is 0 Å². The number of nitrogens with zero attached hydrogens (tertiary/aromatic N) is 1. The Bertz CT molecular complexity index is 3400. The van der Waals surface area contributed by atoms with Crippen LogP contribution in [0.3, 0.4) is 0 Å². The lowest BCUT2D eigenvalue weighted by atomic mass is 9.97. The molecule has 0 saturated carbocycles. The summed E-state index contributed by atoms with van der Waals surface area (Å²) in [5, 5.41) is 9.25. The first kappa shape index (κ1) is 33.3. The summed E-state index contributed by atoms with van der Waals surface area (Å²) in [6, 6.07) is 75.8. The van der Waals surface area contributed by atoms with Crippen molar-refractivity contribution in [2.24, 2.45) is 0 Å². The molecule has 3 nitrogen and oxygen atoms in total. The summed E-state index contributed by atoms with van der Waals surface area (Å²) in [5.74, 6) is 0. The van der Waals surface area contributed by atoms with Crippen molar-refractivity contribution in [2.75, 3.05) is 4.90 Å². The van der Waals surface area contributed by atoms with Crippen LogP contribution in [0, 0.1) is 0 Å². The van der Waals surface area contributed by atoms with Crippen LogP contribution in [-0.4, -0.2) is 0 Å². The third-order valence-electron chi connectivity index (χ3n) is 11.9. The van der Waals surface area contributed by atoms with Crippen LogP contribution in [0.2, 0.25) is 0 Å². The van der Waals surface area contributed by atoms with Crippen LogP contribution in [0.5, 0.6) is 0 Å². The van der Waals surface area contributed by atoms with Gasteiger partial charge in [-0.3, -0.25) is 0 Å². The van der Waals surface area contributed by atoms with Crippen LogP contribution in [-0.2, 0) is 0 Å². The van der Waals surface area contributed by atoms with Gasteiger partial charge in [0.25, 0.3) is 0 Å². The fraction of sp³-hybridized carbons (Fsp3) is 0. The predicted molar refractivity (Wildman–Crippen MR) is 247 cm³/mol. The van der Waals surface area contributed by atoms with Crippen molar-refractivity contribution < 1.29 is 8.83 Å². The van der Waals surface area contributed by atoms with Gasteiger partial charge in [-0.15, -0.1) is 0 Å². The van der Waals surface area contributed by atoms with E-state index in [1.165, 1.54) is 43.8 Å². The highest BCUT2D eigenvalue weighted by Crippen LogP contribution is 2.44. The molecule has 2 heterocycles. The van der Waals surface area contributed by atoms with E-state index in [9.17, 15) is 0 Å². The Morgan fingerprint density at radius 1 is 0.271 bits per heavy atom. The summed E-state index contributed by atoms with van der Waals surface area (Å²) in [6.07, 6.45) is 0. The summed E-state index contributed by atoms with van der Waals surface area (Å²) < 4.78 is 13.0. The smallest absolute Gasteiger partial charge is 0.147 e. The first-order valence-electron chi connectivity index (χ1n) is 20.1. The largest absolute Gasteiger partial charge is 0.456 e. The molecule has 3 heteroatoms. The second kappa shape index (κ2) is 13.4. The first-order chi connectivity index (χ1) is 29.2. The van der Waals surface area contributed by atoms with Crippen molar-refractivity contribution in [3.8, 4) is 33.4 Å². The van der Waals surface area contributed by atoms with Gasteiger partial charge in [-0.05, 0) is 116 Å². The highest BCUT2D eigenvalue weighted by molar-refractivity contribution is 6.24. The molecule has 12 rings (SSSR count). The van der Waals surface area contributed by atoms with Crippen molar-refractivity contribution in [3.05, 3.63) is 212 Å². The summed E-state index contributed by atoms with van der Waals surface area (Å²) >= 11 is 0. The molecular formula is C56H35NO2. The number of hydrogen-bond acceptors (Lipinski definition) is 3. The van der Waals surface area contributed by atoms with Crippen molar-refractivity contribution in [3.63, 3.8) is 0 Å². The second-order valence-electron chi connectivity index (χ2n) is 15.2. The van der Waals surface area contributed by atoms with E-state index in [2.05, 4.69) is 199 Å². The Balaban J connectivity index is 0.976. The molecule has 0 unspecified atom stereocenters. The maximum absolute atomic E-state index is 6.52. The van der Waals surface area contributed by atoms with E-state index in [1.54, 1.807) is 0 Å². The van der Waals surface area contributed by atoms with Gasteiger partial charge in [-0.25, -0.2) is 0 Å². The molecule has 0 radical (unpaired) electrons. The summed E-state index contributed by atoms with van der Waals surface area (Å²) in [6.45, 7) is 0. The van der Waals surface area contributed by atoms with Gasteiger partial charge in [-0.2, -0.15) is 0 Å². The fourth-order valence-corrected chi connectivity index (χ4v) is 9.10. The monoisotopic (exact) mass is 753 g/mol. The maximum atomic E-state index is 6.52. The van der Waals surface area contributed by atoms with E-state index in [1.807, 2.05) is 18.2 Å². The Morgan fingerprint density at radius 2 is 0.712 bits per heavy atom. The lowest BCUT2D eigenvalue weighted by Gasteiger charge is -2.26. The number of rotatable bonds is 6. The highest BCUT2D eigenvalue weighted by atomic mass is 16.3. The summed E-state index contributed by atoms with van der Waals surface area (Å²) in [7, 11) is 0. The van der Waals surface area contributed by atoms with Crippen molar-refractivity contribution in [1.29, 1.82) is 0 Å². The Hall–Kier alpha value is -7.88. The molecule has 0 aliphatic heterocycles. The molecule has 10 aromatic carbocycles. The van der Waals surface area contributed by atoms with E-state index in [0.717, 1.165) is 72.1 Å². The molecular weight excluding hydrogens is 719 g/mol. The summed E-state index contributed by atoms with van der Waals surface area (Å²) in [4.78, 5) is 2.34. The van der Waals surface area contributed by atoms with Gasteiger partial charge < -0.3 is 13.7 Å². The van der Waals surface area contributed by atoms with Crippen LogP contribution >= 0.6 is 0 Å². The quantitative estimate of drug-likeness (QED) is 0.169. The Morgan fingerprint density at radius 3 is 1.31 bits per heavy atom. The van der Waals surface area contributed by atoms with Crippen LogP contribution in [0.1, 0.15) is 0 Å². The van der Waals surface area contributed by atoms with E-state index in [4.69, 9.17) is 8.83 Å². The predicted octanol–water partition coefficient (Wildman–Crippen LogP) is 16.3. The average molecular weight is 754 g/mol. The lowest BCUT2D eigenvalue weighted by Crippen LogP contribution is -2.09. The molecule has 2 aromatic heterocycles. The van der Waals surface area contributed by atoms with Gasteiger partial charge in [-0.1, -0.05) is 152 Å². The van der Waals surface area contributed by atoms with Gasteiger partial charge in [0.2, 0.25) is 0 Å². The molecule has 0 spiro atoms. The molecule has 59 heavy (non-hydrogen) atoms. The third kappa shape index (κ3) is 5.44. The first-order valence-corrected chi connectivity index (χ1v) is 20.1. The standard InChI is InChI=1S/C56H35NO2/c1-3-14-44-36(10-1)12-7-17-46(44)38-22-28-41(29-23-38)57(42-30-24-39(25-31-42)47-18-8-13-37-11-2-4-15-45(37)47)43-32-26-40(27-33-43)48-19-9-21-52-54(48)55-53(58-52)35-34-50-49-16-5-6-20-51(49)59-56(50)55/h1-35H. The van der Waals surface area contributed by atoms with E-state index in [0.29, 0.717) is 0 Å². The second-order valence-corrected chi connectivity index (χ2v) is 15.2. The lowest BCUT2D eigenvalue weighted by molar-refractivity contribution is 0.663. The van der Waals surface area contributed by atoms with Gasteiger partial charge >= 0.3 is 0 Å². The zero-order chi connectivity index (χ0) is 38.9. The van der Waals surface area contributed by atoms with Gasteiger partial charge in [0, 0.05) is 33.2 Å².